The van der Waals surface area contributed by atoms with Gasteiger partial charge >= 0.3 is 0 Å². The molecule has 3 aromatic rings. The van der Waals surface area contributed by atoms with Crippen LogP contribution >= 0.6 is 11.6 Å². The molecule has 3 aromatic carbocycles. The van der Waals surface area contributed by atoms with E-state index >= 15 is 0 Å². The van der Waals surface area contributed by atoms with Gasteiger partial charge in [0.1, 0.15) is 11.6 Å². The molecule has 0 unspecified atom stereocenters. The predicted molar refractivity (Wildman–Crippen MR) is 140 cm³/mol. The zero-order valence-corrected chi connectivity index (χ0v) is 20.4. The Balaban J connectivity index is 1.36. The van der Waals surface area contributed by atoms with E-state index in [4.69, 9.17) is 11.6 Å². The first kappa shape index (κ1) is 24.5. The first-order valence-electron chi connectivity index (χ1n) is 11.9. The fraction of sp³-hybridized carbons (Fsp3) is 0.241. The van der Waals surface area contributed by atoms with Crippen molar-refractivity contribution in [3.05, 3.63) is 118 Å². The van der Waals surface area contributed by atoms with E-state index in [1.54, 1.807) is 4.90 Å². The van der Waals surface area contributed by atoms with Crippen molar-refractivity contribution in [2.24, 2.45) is 0 Å². The van der Waals surface area contributed by atoms with E-state index in [0.29, 0.717) is 26.1 Å². The lowest BCUT2D eigenvalue weighted by Crippen LogP contribution is -2.50. The molecule has 0 radical (unpaired) electrons. The number of nitrogens with one attached hydrogen (secondary N) is 1. The molecule has 0 saturated carbocycles. The third-order valence-electron chi connectivity index (χ3n) is 6.29. The molecule has 1 saturated heterocycles. The smallest absolute Gasteiger partial charge is 0.266 e. The van der Waals surface area contributed by atoms with Crippen LogP contribution in [0.5, 0.6) is 0 Å². The summed E-state index contributed by atoms with van der Waals surface area (Å²) in [6.07, 6.45) is 2.24. The van der Waals surface area contributed by atoms with E-state index in [1.165, 1.54) is 17.3 Å². The van der Waals surface area contributed by atoms with Crippen LogP contribution in [-0.2, 0) is 11.2 Å². The third-order valence-corrected chi connectivity index (χ3v) is 6.66. The highest BCUT2D eigenvalue weighted by atomic mass is 35.5. The first-order chi connectivity index (χ1) is 17.2. The Labute approximate surface area is 212 Å². The van der Waals surface area contributed by atoms with Gasteiger partial charge in [-0.25, -0.2) is 0 Å². The summed E-state index contributed by atoms with van der Waals surface area (Å²) in [5, 5.41) is 13.4. The molecule has 5 nitrogen and oxygen atoms in total. The SMILES string of the molecule is N#C/C(=C/NCCc1ccccc1Cl)C(=O)N1CCN(C(c2ccccc2)c2ccccc2)CC1. The van der Waals surface area contributed by atoms with Gasteiger partial charge in [-0.2, -0.15) is 5.26 Å². The van der Waals surface area contributed by atoms with E-state index < -0.39 is 0 Å². The number of nitriles is 1. The van der Waals surface area contributed by atoms with Gasteiger partial charge in [-0.3, -0.25) is 9.69 Å². The Bertz CT molecular complexity index is 1140. The molecule has 1 fully saturated rings. The number of nitrogens with zero attached hydrogens (tertiary/aromatic N) is 3. The van der Waals surface area contributed by atoms with Crippen molar-refractivity contribution in [2.45, 2.75) is 12.5 Å². The van der Waals surface area contributed by atoms with E-state index in [2.05, 4.69) is 64.8 Å². The summed E-state index contributed by atoms with van der Waals surface area (Å²) >= 11 is 6.20. The number of hydrogen-bond acceptors (Lipinski definition) is 4. The lowest BCUT2D eigenvalue weighted by atomic mass is 9.96. The summed E-state index contributed by atoms with van der Waals surface area (Å²) in [6, 6.07) is 30.8. The molecule has 4 rings (SSSR count). The Hall–Kier alpha value is -3.59. The zero-order valence-electron chi connectivity index (χ0n) is 19.6. The van der Waals surface area contributed by atoms with Crippen LogP contribution in [0.2, 0.25) is 5.02 Å². The van der Waals surface area contributed by atoms with Crippen molar-refractivity contribution in [3.63, 3.8) is 0 Å². The Morgan fingerprint density at radius 3 is 2.06 bits per heavy atom. The lowest BCUT2D eigenvalue weighted by Gasteiger charge is -2.39. The number of halogens is 1. The van der Waals surface area contributed by atoms with Crippen molar-refractivity contribution in [1.29, 1.82) is 5.26 Å². The van der Waals surface area contributed by atoms with Gasteiger partial charge in [0.15, 0.2) is 0 Å². The molecule has 0 atom stereocenters. The molecule has 1 heterocycles. The number of amides is 1. The average molecular weight is 485 g/mol. The lowest BCUT2D eigenvalue weighted by molar-refractivity contribution is -0.128. The monoisotopic (exact) mass is 484 g/mol. The molecular formula is C29H29ClN4O. The molecule has 1 aliphatic rings. The van der Waals surface area contributed by atoms with Gasteiger partial charge < -0.3 is 10.2 Å². The van der Waals surface area contributed by atoms with Gasteiger partial charge in [-0.1, -0.05) is 90.5 Å². The topological polar surface area (TPSA) is 59.4 Å². The molecule has 1 aliphatic heterocycles. The molecule has 0 aliphatic carbocycles. The van der Waals surface area contributed by atoms with E-state index in [9.17, 15) is 10.1 Å². The molecule has 35 heavy (non-hydrogen) atoms. The largest absolute Gasteiger partial charge is 0.389 e. The van der Waals surface area contributed by atoms with Crippen LogP contribution < -0.4 is 5.32 Å². The number of benzene rings is 3. The number of hydrogen-bond donors (Lipinski definition) is 1. The number of piperazine rings is 1. The van der Waals surface area contributed by atoms with Crippen LogP contribution in [-0.4, -0.2) is 48.4 Å². The van der Waals surface area contributed by atoms with E-state index in [0.717, 1.165) is 23.7 Å². The fourth-order valence-electron chi connectivity index (χ4n) is 4.46. The average Bonchev–Trinajstić information content (AvgIpc) is 2.91. The fourth-order valence-corrected chi connectivity index (χ4v) is 4.69. The maximum Gasteiger partial charge on any atom is 0.266 e. The molecule has 1 amide bonds. The van der Waals surface area contributed by atoms with Crippen LogP contribution in [0, 0.1) is 11.3 Å². The molecular weight excluding hydrogens is 456 g/mol. The molecule has 0 bridgehead atoms. The number of carbonyl (C=O) groups excluding carboxylic acids is 1. The zero-order chi connectivity index (χ0) is 24.5. The van der Waals surface area contributed by atoms with Crippen molar-refractivity contribution in [2.75, 3.05) is 32.7 Å². The summed E-state index contributed by atoms with van der Waals surface area (Å²) < 4.78 is 0. The summed E-state index contributed by atoms with van der Waals surface area (Å²) in [4.78, 5) is 17.2. The molecule has 1 N–H and O–H groups in total. The van der Waals surface area contributed by atoms with Gasteiger partial charge in [-0.05, 0) is 29.2 Å². The minimum atomic E-state index is -0.228. The van der Waals surface area contributed by atoms with Crippen LogP contribution in [0.25, 0.3) is 0 Å². The second-order valence-corrected chi connectivity index (χ2v) is 8.92. The highest BCUT2D eigenvalue weighted by Crippen LogP contribution is 2.29. The van der Waals surface area contributed by atoms with Gasteiger partial charge in [-0.15, -0.1) is 0 Å². The van der Waals surface area contributed by atoms with Crippen LogP contribution in [0.1, 0.15) is 22.7 Å². The molecule has 6 heteroatoms. The minimum Gasteiger partial charge on any atom is -0.389 e. The summed E-state index contributed by atoms with van der Waals surface area (Å²) in [6.45, 7) is 3.21. The quantitative estimate of drug-likeness (QED) is 0.283. The van der Waals surface area contributed by atoms with Gasteiger partial charge in [0.05, 0.1) is 6.04 Å². The summed E-state index contributed by atoms with van der Waals surface area (Å²) in [7, 11) is 0. The Morgan fingerprint density at radius 2 is 1.49 bits per heavy atom. The van der Waals surface area contributed by atoms with Gasteiger partial charge in [0.2, 0.25) is 0 Å². The minimum absolute atomic E-state index is 0.125. The summed E-state index contributed by atoms with van der Waals surface area (Å²) in [5.74, 6) is -0.228. The number of carbonyl (C=O) groups is 1. The summed E-state index contributed by atoms with van der Waals surface area (Å²) in [5.41, 5.74) is 3.63. The third kappa shape index (κ3) is 6.30. The second-order valence-electron chi connectivity index (χ2n) is 8.52. The van der Waals surface area contributed by atoms with Crippen molar-refractivity contribution >= 4 is 17.5 Å². The molecule has 0 aromatic heterocycles. The van der Waals surface area contributed by atoms with E-state index in [1.807, 2.05) is 36.4 Å². The normalized spacial score (nSPS) is 14.5. The van der Waals surface area contributed by atoms with Crippen molar-refractivity contribution in [1.82, 2.24) is 15.1 Å². The van der Waals surface area contributed by atoms with Gasteiger partial charge in [0, 0.05) is 43.9 Å². The molecule has 0 spiro atoms. The van der Waals surface area contributed by atoms with Crippen molar-refractivity contribution < 1.29 is 4.79 Å². The Kier molecular flexibility index (Phi) is 8.56. The van der Waals surface area contributed by atoms with Gasteiger partial charge in [0.25, 0.3) is 5.91 Å². The highest BCUT2D eigenvalue weighted by molar-refractivity contribution is 6.31. The molecule has 178 valence electrons. The second kappa shape index (κ2) is 12.2. The maximum atomic E-state index is 13.0. The number of rotatable bonds is 8. The van der Waals surface area contributed by atoms with E-state index in [-0.39, 0.29) is 17.5 Å². The highest BCUT2D eigenvalue weighted by Gasteiger charge is 2.29. The first-order valence-corrected chi connectivity index (χ1v) is 12.3. The maximum absolute atomic E-state index is 13.0. The van der Waals surface area contributed by atoms with Crippen LogP contribution in [0.15, 0.2) is 96.7 Å². The Morgan fingerprint density at radius 1 is 0.914 bits per heavy atom. The standard InChI is InChI=1S/C29H29ClN4O/c30-27-14-8-7-9-23(27)15-16-32-22-26(21-31)29(35)34-19-17-33(18-20-34)28(24-10-3-1-4-11-24)25-12-5-2-6-13-25/h1-14,22,28,32H,15-20H2/b26-22-. The predicted octanol–water partition coefficient (Wildman–Crippen LogP) is 4.81. The van der Waals surface area contributed by atoms with Crippen LogP contribution in [0.4, 0.5) is 0 Å². The van der Waals surface area contributed by atoms with Crippen LogP contribution in [0.3, 0.4) is 0 Å². The van der Waals surface area contributed by atoms with Crippen molar-refractivity contribution in [3.8, 4) is 6.07 Å².